The number of carbonyl (C=O) groups excluding carboxylic acids is 2. The summed E-state index contributed by atoms with van der Waals surface area (Å²) in [5.74, 6) is -3.05. The number of hydroxylamine groups is 1. The van der Waals surface area contributed by atoms with Gasteiger partial charge in [-0.3, -0.25) is 10.0 Å². The van der Waals surface area contributed by atoms with Crippen LogP contribution in [-0.4, -0.2) is 73.4 Å². The van der Waals surface area contributed by atoms with Crippen LogP contribution in [0.5, 0.6) is 11.5 Å². The van der Waals surface area contributed by atoms with E-state index in [0.717, 1.165) is 24.1 Å². The van der Waals surface area contributed by atoms with Gasteiger partial charge in [0, 0.05) is 37.2 Å². The Bertz CT molecular complexity index is 947. The van der Waals surface area contributed by atoms with E-state index in [1.165, 1.54) is 53.1 Å². The first-order chi connectivity index (χ1) is 16.2. The van der Waals surface area contributed by atoms with Crippen LogP contribution in [0.15, 0.2) is 41.3 Å². The Morgan fingerprint density at radius 2 is 1.76 bits per heavy atom. The highest BCUT2D eigenvalue weighted by atomic mass is 35.5. The zero-order chi connectivity index (χ0) is 25.1. The summed E-state index contributed by atoms with van der Waals surface area (Å²) in [6, 6.07) is 8.07. The van der Waals surface area contributed by atoms with E-state index >= 15 is 0 Å². The molecule has 0 atom stereocenters. The van der Waals surface area contributed by atoms with Crippen molar-refractivity contribution in [3.05, 3.63) is 53.1 Å². The molecule has 2 aromatic carbocycles. The number of nitrogens with one attached hydrogen (secondary N) is 1. The van der Waals surface area contributed by atoms with Crippen LogP contribution in [0.4, 0.5) is 13.6 Å². The van der Waals surface area contributed by atoms with Crippen LogP contribution in [0.3, 0.4) is 0 Å². The number of likely N-dealkylation sites (N-methyl/N-ethyl adjacent to an activating group) is 1. The van der Waals surface area contributed by atoms with E-state index in [2.05, 4.69) is 0 Å². The molecule has 2 amide bonds. The lowest BCUT2D eigenvalue weighted by Crippen LogP contribution is -2.38. The summed E-state index contributed by atoms with van der Waals surface area (Å²) in [5, 5.41) is 9.29. The second-order valence-electron chi connectivity index (χ2n) is 6.79. The van der Waals surface area contributed by atoms with Crippen molar-refractivity contribution >= 4 is 35.5 Å². The Kier molecular flexibility index (Phi) is 11.3. The van der Waals surface area contributed by atoms with Crippen molar-refractivity contribution < 1.29 is 37.8 Å². The fourth-order valence-electron chi connectivity index (χ4n) is 2.48. The van der Waals surface area contributed by atoms with Crippen molar-refractivity contribution in [1.29, 1.82) is 0 Å². The SMILES string of the molecule is COCCOC(=O)N(C)CCN(CC(=O)NO)Sc1cc(F)c(Oc2ccc(Cl)cc2)c(F)c1. The summed E-state index contributed by atoms with van der Waals surface area (Å²) in [6.07, 6.45) is -0.602. The number of methoxy groups -OCH3 is 1. The predicted octanol–water partition coefficient (Wildman–Crippen LogP) is 3.94. The van der Waals surface area contributed by atoms with Crippen molar-refractivity contribution in [2.24, 2.45) is 0 Å². The third-order valence-electron chi connectivity index (χ3n) is 4.19. The van der Waals surface area contributed by atoms with Gasteiger partial charge in [-0.2, -0.15) is 0 Å². The molecule has 0 aliphatic carbocycles. The molecule has 9 nitrogen and oxygen atoms in total. The van der Waals surface area contributed by atoms with E-state index in [1.54, 1.807) is 0 Å². The van der Waals surface area contributed by atoms with Gasteiger partial charge >= 0.3 is 6.09 Å². The molecule has 0 radical (unpaired) electrons. The summed E-state index contributed by atoms with van der Waals surface area (Å²) in [7, 11) is 2.97. The van der Waals surface area contributed by atoms with E-state index in [0.29, 0.717) is 5.02 Å². The molecule has 2 N–H and O–H groups in total. The molecule has 0 heterocycles. The van der Waals surface area contributed by atoms with E-state index in [-0.39, 0.29) is 43.5 Å². The van der Waals surface area contributed by atoms with Crippen LogP contribution in [0.25, 0.3) is 0 Å². The molecule has 13 heteroatoms. The summed E-state index contributed by atoms with van der Waals surface area (Å²) in [6.45, 7) is 0.238. The zero-order valence-corrected chi connectivity index (χ0v) is 20.0. The lowest BCUT2D eigenvalue weighted by atomic mass is 10.3. The van der Waals surface area contributed by atoms with E-state index in [4.69, 9.17) is 31.0 Å². The van der Waals surface area contributed by atoms with Crippen LogP contribution >= 0.6 is 23.5 Å². The molecule has 0 bridgehead atoms. The second kappa shape index (κ2) is 13.9. The number of carbonyl (C=O) groups is 2. The van der Waals surface area contributed by atoms with Gasteiger partial charge in [-0.1, -0.05) is 11.6 Å². The molecule has 2 rings (SSSR count). The number of ether oxygens (including phenoxy) is 3. The number of hydrogen-bond acceptors (Lipinski definition) is 8. The second-order valence-corrected chi connectivity index (χ2v) is 8.40. The number of benzene rings is 2. The third-order valence-corrected chi connectivity index (χ3v) is 5.46. The van der Waals surface area contributed by atoms with Gasteiger partial charge < -0.3 is 19.1 Å². The smallest absolute Gasteiger partial charge is 0.409 e. The van der Waals surface area contributed by atoms with Gasteiger partial charge in [-0.05, 0) is 48.3 Å². The summed E-state index contributed by atoms with van der Waals surface area (Å²) < 4.78 is 45.7. The molecule has 0 aromatic heterocycles. The Labute approximate surface area is 204 Å². The first kappa shape index (κ1) is 27.6. The Morgan fingerprint density at radius 1 is 1.12 bits per heavy atom. The lowest BCUT2D eigenvalue weighted by Gasteiger charge is -2.24. The maximum atomic E-state index is 14.6. The van der Waals surface area contributed by atoms with Crippen LogP contribution < -0.4 is 10.2 Å². The number of rotatable bonds is 12. The highest BCUT2D eigenvalue weighted by Gasteiger charge is 2.19. The molecular formula is C21H24ClF2N3O6S. The molecule has 0 spiro atoms. The number of hydrogen-bond donors (Lipinski definition) is 2. The highest BCUT2D eigenvalue weighted by Crippen LogP contribution is 2.33. The summed E-state index contributed by atoms with van der Waals surface area (Å²) >= 11 is 6.66. The van der Waals surface area contributed by atoms with Crippen molar-refractivity contribution in [2.75, 3.05) is 47.0 Å². The first-order valence-electron chi connectivity index (χ1n) is 9.88. The fourth-order valence-corrected chi connectivity index (χ4v) is 3.58. The van der Waals surface area contributed by atoms with Crippen molar-refractivity contribution in [1.82, 2.24) is 14.7 Å². The molecule has 186 valence electrons. The van der Waals surface area contributed by atoms with Crippen molar-refractivity contribution in [3.8, 4) is 11.5 Å². The monoisotopic (exact) mass is 519 g/mol. The van der Waals surface area contributed by atoms with Gasteiger partial charge in [0.05, 0.1) is 13.2 Å². The molecule has 2 aromatic rings. The van der Waals surface area contributed by atoms with Crippen LogP contribution in [-0.2, 0) is 14.3 Å². The molecular weight excluding hydrogens is 496 g/mol. The largest absolute Gasteiger partial charge is 0.451 e. The van der Waals surface area contributed by atoms with E-state index in [9.17, 15) is 18.4 Å². The average Bonchev–Trinajstić information content (AvgIpc) is 2.80. The predicted molar refractivity (Wildman–Crippen MR) is 121 cm³/mol. The standard InChI is InChI=1S/C21H24ClF2N3O6S/c1-26(21(29)32-10-9-31-2)7-8-27(13-19(28)25-30)34-16-11-17(23)20(18(24)12-16)33-15-5-3-14(22)4-6-15/h3-6,11-12,30H,7-10,13H2,1-2H3,(H,25,28). The number of nitrogens with zero attached hydrogens (tertiary/aromatic N) is 2. The Morgan fingerprint density at radius 3 is 2.35 bits per heavy atom. The van der Waals surface area contributed by atoms with E-state index < -0.39 is 29.4 Å². The van der Waals surface area contributed by atoms with Crippen LogP contribution in [0, 0.1) is 11.6 Å². The zero-order valence-electron chi connectivity index (χ0n) is 18.4. The van der Waals surface area contributed by atoms with Gasteiger partial charge in [0.1, 0.15) is 12.4 Å². The average molecular weight is 520 g/mol. The molecule has 0 aliphatic rings. The maximum Gasteiger partial charge on any atom is 0.409 e. The minimum atomic E-state index is -0.956. The number of halogens is 3. The van der Waals surface area contributed by atoms with Gasteiger partial charge in [0.2, 0.25) is 0 Å². The van der Waals surface area contributed by atoms with Crippen molar-refractivity contribution in [2.45, 2.75) is 4.90 Å². The molecule has 0 saturated heterocycles. The molecule has 0 aliphatic heterocycles. The maximum absolute atomic E-state index is 14.6. The van der Waals surface area contributed by atoms with Crippen LogP contribution in [0.1, 0.15) is 0 Å². The van der Waals surface area contributed by atoms with E-state index in [1.807, 2.05) is 0 Å². The fraction of sp³-hybridized carbons (Fsp3) is 0.333. The molecule has 0 saturated carbocycles. The molecule has 0 fully saturated rings. The van der Waals surface area contributed by atoms with Gasteiger partial charge in [0.25, 0.3) is 5.91 Å². The molecule has 0 unspecified atom stereocenters. The first-order valence-corrected chi connectivity index (χ1v) is 11.0. The highest BCUT2D eigenvalue weighted by molar-refractivity contribution is 7.97. The van der Waals surface area contributed by atoms with Gasteiger partial charge in [-0.15, -0.1) is 0 Å². The lowest BCUT2D eigenvalue weighted by molar-refractivity contribution is -0.129. The summed E-state index contributed by atoms with van der Waals surface area (Å²) in [5.41, 5.74) is 1.50. The minimum absolute atomic E-state index is 0.0774. The third kappa shape index (κ3) is 8.95. The quantitative estimate of drug-likeness (QED) is 0.188. The summed E-state index contributed by atoms with van der Waals surface area (Å²) in [4.78, 5) is 25.0. The minimum Gasteiger partial charge on any atom is -0.451 e. The van der Waals surface area contributed by atoms with Gasteiger partial charge in [-0.25, -0.2) is 23.4 Å². The Hall–Kier alpha value is -2.64. The van der Waals surface area contributed by atoms with Gasteiger partial charge in [0.15, 0.2) is 17.4 Å². The topological polar surface area (TPSA) is 101 Å². The Balaban J connectivity index is 2.07. The van der Waals surface area contributed by atoms with Crippen LogP contribution in [0.2, 0.25) is 5.02 Å². The number of amides is 2. The van der Waals surface area contributed by atoms with Crippen molar-refractivity contribution in [3.63, 3.8) is 0 Å². The normalized spacial score (nSPS) is 10.8. The molecule has 34 heavy (non-hydrogen) atoms.